The number of esters is 1. The van der Waals surface area contributed by atoms with E-state index in [2.05, 4.69) is 4.74 Å². The fourth-order valence-electron chi connectivity index (χ4n) is 0.883. The summed E-state index contributed by atoms with van der Waals surface area (Å²) in [5, 5.41) is 9.29. The van der Waals surface area contributed by atoms with Gasteiger partial charge < -0.3 is 9.84 Å². The van der Waals surface area contributed by atoms with Gasteiger partial charge in [0.2, 0.25) is 0 Å². The van der Waals surface area contributed by atoms with Gasteiger partial charge in [-0.15, -0.1) is 0 Å². The fraction of sp³-hybridized carbons (Fsp3) is 0.111. The lowest BCUT2D eigenvalue weighted by atomic mass is 10.1. The Hall–Kier alpha value is -1.68. The maximum Gasteiger partial charge on any atom is 0.347 e. The van der Waals surface area contributed by atoms with Crippen LogP contribution in [0.2, 0.25) is 0 Å². The second-order valence-electron chi connectivity index (χ2n) is 2.35. The van der Waals surface area contributed by atoms with Crippen LogP contribution in [0, 0.1) is 0 Å². The second kappa shape index (κ2) is 4.37. The Morgan fingerprint density at radius 3 is 2.54 bits per heavy atom. The zero-order valence-electron chi connectivity index (χ0n) is 6.71. The molecule has 0 aromatic heterocycles. The Kier molecular flexibility index (Phi) is 3.16. The smallest absolute Gasteiger partial charge is 0.347 e. The molecule has 1 N–H and O–H groups in total. The topological polar surface area (TPSA) is 63.6 Å². The lowest BCUT2D eigenvalue weighted by Crippen LogP contribution is -2.14. The highest BCUT2D eigenvalue weighted by molar-refractivity contribution is 5.81. The quantitative estimate of drug-likeness (QED) is 0.416. The average Bonchev–Trinajstić information content (AvgIpc) is 2.18. The Morgan fingerprint density at radius 1 is 1.38 bits per heavy atom. The third-order valence-corrected chi connectivity index (χ3v) is 1.50. The molecule has 0 fully saturated rings. The number of aliphatic hydroxyl groups excluding tert-OH is 1. The van der Waals surface area contributed by atoms with Gasteiger partial charge in [0.1, 0.15) is 0 Å². The van der Waals surface area contributed by atoms with Crippen molar-refractivity contribution in [2.24, 2.45) is 0 Å². The Morgan fingerprint density at radius 2 is 2.00 bits per heavy atom. The van der Waals surface area contributed by atoms with Crippen LogP contribution in [0.5, 0.6) is 0 Å². The van der Waals surface area contributed by atoms with Crippen LogP contribution in [0.4, 0.5) is 0 Å². The summed E-state index contributed by atoms with van der Waals surface area (Å²) in [6.45, 7) is -0.00546. The first-order chi connectivity index (χ1) is 6.25. The molecule has 1 aromatic rings. The number of aliphatic hydroxyl groups is 1. The molecule has 0 heterocycles. The van der Waals surface area contributed by atoms with Gasteiger partial charge >= 0.3 is 12.4 Å². The predicted molar refractivity (Wildman–Crippen MR) is 43.6 cm³/mol. The van der Waals surface area contributed by atoms with Crippen LogP contribution in [-0.2, 0) is 14.3 Å². The van der Waals surface area contributed by atoms with E-state index in [0.29, 0.717) is 5.56 Å². The van der Waals surface area contributed by atoms with Crippen molar-refractivity contribution >= 4 is 12.4 Å². The van der Waals surface area contributed by atoms with Crippen LogP contribution >= 0.6 is 0 Å². The van der Waals surface area contributed by atoms with E-state index in [9.17, 15) is 14.7 Å². The lowest BCUT2D eigenvalue weighted by Gasteiger charge is -2.06. The third kappa shape index (κ3) is 2.38. The summed E-state index contributed by atoms with van der Waals surface area (Å²) in [5.74, 6) is -0.971. The van der Waals surface area contributed by atoms with E-state index in [4.69, 9.17) is 0 Å². The molecule has 0 saturated heterocycles. The molecule has 0 unspecified atom stereocenters. The highest BCUT2D eigenvalue weighted by Gasteiger charge is 2.17. The molecule has 1 rings (SSSR count). The van der Waals surface area contributed by atoms with Crippen LogP contribution in [-0.4, -0.2) is 17.5 Å². The Labute approximate surface area is 74.8 Å². The van der Waals surface area contributed by atoms with Gasteiger partial charge in [0.15, 0.2) is 6.10 Å². The van der Waals surface area contributed by atoms with Gasteiger partial charge in [-0.05, 0) is 5.56 Å². The standard InChI is InChI=1S/C9H8O4/c10-6-13-9(12)8(11)7-4-2-1-3-5-7/h1-6,8,11H/t8-/m1/s1. The minimum atomic E-state index is -1.40. The van der Waals surface area contributed by atoms with Crippen molar-refractivity contribution in [1.29, 1.82) is 0 Å². The van der Waals surface area contributed by atoms with Crippen molar-refractivity contribution in [3.05, 3.63) is 35.9 Å². The van der Waals surface area contributed by atoms with Gasteiger partial charge in [-0.25, -0.2) is 4.79 Å². The third-order valence-electron chi connectivity index (χ3n) is 1.50. The number of carbonyl (C=O) groups is 2. The van der Waals surface area contributed by atoms with Crippen molar-refractivity contribution in [2.45, 2.75) is 6.10 Å². The molecule has 1 aromatic carbocycles. The van der Waals surface area contributed by atoms with Crippen LogP contribution in [0.1, 0.15) is 11.7 Å². The van der Waals surface area contributed by atoms with E-state index in [-0.39, 0.29) is 6.47 Å². The molecule has 0 aliphatic rings. The molecule has 13 heavy (non-hydrogen) atoms. The minimum absolute atomic E-state index is 0.00546. The first-order valence-corrected chi connectivity index (χ1v) is 3.63. The molecular weight excluding hydrogens is 172 g/mol. The SMILES string of the molecule is O=COC(=O)[C@H](O)c1ccccc1. The van der Waals surface area contributed by atoms with Gasteiger partial charge in [-0.1, -0.05) is 30.3 Å². The predicted octanol–water partition coefficient (Wildman–Crippen LogP) is 0.420. The van der Waals surface area contributed by atoms with E-state index in [1.807, 2.05) is 0 Å². The van der Waals surface area contributed by atoms with Crippen molar-refractivity contribution in [2.75, 3.05) is 0 Å². The maximum atomic E-state index is 10.8. The molecule has 0 amide bonds. The monoisotopic (exact) mass is 180 g/mol. The van der Waals surface area contributed by atoms with E-state index < -0.39 is 12.1 Å². The molecule has 0 aliphatic carbocycles. The summed E-state index contributed by atoms with van der Waals surface area (Å²) in [7, 11) is 0. The number of hydrogen-bond acceptors (Lipinski definition) is 4. The Bertz CT molecular complexity index is 294. The fourth-order valence-corrected chi connectivity index (χ4v) is 0.883. The van der Waals surface area contributed by atoms with Gasteiger partial charge in [-0.3, -0.25) is 4.79 Å². The molecule has 68 valence electrons. The average molecular weight is 180 g/mol. The molecule has 4 nitrogen and oxygen atoms in total. The molecule has 0 aliphatic heterocycles. The molecule has 0 radical (unpaired) electrons. The van der Waals surface area contributed by atoms with Gasteiger partial charge in [0.25, 0.3) is 0 Å². The molecule has 1 atom stereocenters. The second-order valence-corrected chi connectivity index (χ2v) is 2.35. The van der Waals surface area contributed by atoms with E-state index in [0.717, 1.165) is 0 Å². The van der Waals surface area contributed by atoms with Crippen molar-refractivity contribution in [1.82, 2.24) is 0 Å². The first kappa shape index (κ1) is 9.41. The first-order valence-electron chi connectivity index (χ1n) is 3.63. The van der Waals surface area contributed by atoms with Gasteiger partial charge in [-0.2, -0.15) is 0 Å². The number of carbonyl (C=O) groups excluding carboxylic acids is 2. The zero-order chi connectivity index (χ0) is 9.68. The van der Waals surface area contributed by atoms with Crippen molar-refractivity contribution in [3.8, 4) is 0 Å². The van der Waals surface area contributed by atoms with Crippen LogP contribution in [0.25, 0.3) is 0 Å². The zero-order valence-corrected chi connectivity index (χ0v) is 6.71. The van der Waals surface area contributed by atoms with Crippen LogP contribution in [0.3, 0.4) is 0 Å². The summed E-state index contributed by atoms with van der Waals surface area (Å²) in [5.41, 5.74) is 0.398. The summed E-state index contributed by atoms with van der Waals surface area (Å²) in [4.78, 5) is 20.6. The summed E-state index contributed by atoms with van der Waals surface area (Å²) < 4.78 is 3.99. The van der Waals surface area contributed by atoms with Gasteiger partial charge in [0.05, 0.1) is 0 Å². The number of hydrogen-bond donors (Lipinski definition) is 1. The summed E-state index contributed by atoms with van der Waals surface area (Å²) in [6, 6.07) is 8.23. The van der Waals surface area contributed by atoms with Crippen LogP contribution in [0.15, 0.2) is 30.3 Å². The van der Waals surface area contributed by atoms with Crippen molar-refractivity contribution in [3.63, 3.8) is 0 Å². The number of ether oxygens (including phenoxy) is 1. The molecular formula is C9H8O4. The van der Waals surface area contributed by atoms with Crippen molar-refractivity contribution < 1.29 is 19.4 Å². The molecule has 0 spiro atoms. The highest BCUT2D eigenvalue weighted by Crippen LogP contribution is 2.12. The normalized spacial score (nSPS) is 11.8. The summed E-state index contributed by atoms with van der Waals surface area (Å²) >= 11 is 0. The van der Waals surface area contributed by atoms with Gasteiger partial charge in [0, 0.05) is 0 Å². The number of benzene rings is 1. The lowest BCUT2D eigenvalue weighted by molar-refractivity contribution is -0.159. The Balaban J connectivity index is 2.73. The van der Waals surface area contributed by atoms with E-state index in [1.165, 1.54) is 0 Å². The molecule has 0 bridgehead atoms. The summed E-state index contributed by atoms with van der Waals surface area (Å²) in [6.07, 6.45) is -1.40. The maximum absolute atomic E-state index is 10.8. The minimum Gasteiger partial charge on any atom is -0.393 e. The number of rotatable bonds is 3. The molecule has 0 saturated carbocycles. The largest absolute Gasteiger partial charge is 0.393 e. The molecule has 4 heteroatoms. The van der Waals surface area contributed by atoms with Crippen LogP contribution < -0.4 is 0 Å². The highest BCUT2D eigenvalue weighted by atomic mass is 16.6. The van der Waals surface area contributed by atoms with E-state index in [1.54, 1.807) is 30.3 Å². The van der Waals surface area contributed by atoms with E-state index >= 15 is 0 Å².